The molecule has 4 fully saturated rings. The number of nitrogens with one attached hydrogen (secondary N) is 2. The third kappa shape index (κ3) is 4.43. The van der Waals surface area contributed by atoms with E-state index in [2.05, 4.69) is 25.6 Å². The van der Waals surface area contributed by atoms with E-state index in [-0.39, 0.29) is 5.91 Å². The van der Waals surface area contributed by atoms with E-state index >= 15 is 0 Å². The molecule has 2 N–H and O–H groups in total. The van der Waals surface area contributed by atoms with Crippen LogP contribution in [0.2, 0.25) is 0 Å². The summed E-state index contributed by atoms with van der Waals surface area (Å²) in [5.74, 6) is -0.130. The van der Waals surface area contributed by atoms with Crippen LogP contribution in [0.25, 0.3) is 0 Å². The molecular formula is C23H24F3N5O3. The summed E-state index contributed by atoms with van der Waals surface area (Å²) in [6.07, 6.45) is 0.602. The van der Waals surface area contributed by atoms with Gasteiger partial charge in [-0.05, 0) is 69.4 Å². The zero-order valence-electron chi connectivity index (χ0n) is 18.5. The van der Waals surface area contributed by atoms with E-state index in [1.54, 1.807) is 12.1 Å². The topological polar surface area (TPSA) is 106 Å². The monoisotopic (exact) mass is 475 g/mol. The van der Waals surface area contributed by atoms with E-state index in [0.717, 1.165) is 44.0 Å². The maximum Gasteiger partial charge on any atom is 0.435 e. The first-order valence-corrected chi connectivity index (χ1v) is 11.2. The Hall–Kier alpha value is -3.24. The molecule has 180 valence electrons. The molecule has 11 heteroatoms. The summed E-state index contributed by atoms with van der Waals surface area (Å²) >= 11 is 0. The van der Waals surface area contributed by atoms with Crippen molar-refractivity contribution >= 4 is 12.0 Å². The van der Waals surface area contributed by atoms with Crippen molar-refractivity contribution in [3.05, 3.63) is 47.7 Å². The van der Waals surface area contributed by atoms with Gasteiger partial charge < -0.3 is 15.4 Å². The quantitative estimate of drug-likeness (QED) is 0.697. The summed E-state index contributed by atoms with van der Waals surface area (Å²) in [6.45, 7) is 1.82. The van der Waals surface area contributed by atoms with E-state index in [9.17, 15) is 22.8 Å². The molecular weight excluding hydrogens is 451 g/mol. The van der Waals surface area contributed by atoms with Crippen molar-refractivity contribution in [2.45, 2.75) is 62.7 Å². The van der Waals surface area contributed by atoms with Crippen LogP contribution in [0.1, 0.15) is 60.4 Å². The molecule has 2 amide bonds. The summed E-state index contributed by atoms with van der Waals surface area (Å²) in [7, 11) is 0. The maximum atomic E-state index is 13.0. The van der Waals surface area contributed by atoms with Crippen LogP contribution in [-0.2, 0) is 6.18 Å². The van der Waals surface area contributed by atoms with Gasteiger partial charge in [0.05, 0.1) is 12.4 Å². The smallest absolute Gasteiger partial charge is 0.390 e. The van der Waals surface area contributed by atoms with Crippen LogP contribution in [0.3, 0.4) is 0 Å². The lowest BCUT2D eigenvalue weighted by molar-refractivity contribution is -0.141. The van der Waals surface area contributed by atoms with Crippen LogP contribution < -0.4 is 15.4 Å². The van der Waals surface area contributed by atoms with Crippen LogP contribution in [0.15, 0.2) is 30.6 Å². The lowest BCUT2D eigenvalue weighted by atomic mass is 9.50. The highest BCUT2D eigenvalue weighted by Gasteiger charge is 2.59. The number of rotatable bonds is 4. The van der Waals surface area contributed by atoms with Crippen LogP contribution >= 0.6 is 0 Å². The van der Waals surface area contributed by atoms with Crippen molar-refractivity contribution in [1.82, 2.24) is 25.6 Å². The minimum absolute atomic E-state index is 0.248. The predicted octanol–water partition coefficient (Wildman–Crippen LogP) is 3.81. The molecule has 0 aliphatic heterocycles. The molecule has 4 bridgehead atoms. The summed E-state index contributed by atoms with van der Waals surface area (Å²) in [6, 6.07) is 5.28. The minimum atomic E-state index is -4.69. The number of aryl methyl sites for hydroxylation is 1. The molecule has 0 aromatic carbocycles. The second kappa shape index (κ2) is 7.92. The molecule has 0 radical (unpaired) electrons. The van der Waals surface area contributed by atoms with Gasteiger partial charge in [-0.1, -0.05) is 6.07 Å². The van der Waals surface area contributed by atoms with E-state index in [1.807, 2.05) is 13.0 Å². The molecule has 2 unspecified atom stereocenters. The molecule has 34 heavy (non-hydrogen) atoms. The molecule has 2 aromatic rings. The molecule has 6 rings (SSSR count). The van der Waals surface area contributed by atoms with E-state index in [1.165, 1.54) is 0 Å². The SMILES string of the molecule is Cc1cccc(C(=O)NC23CC4CC(CC(NC(=O)Oc5cncc(C(F)(F)F)n5)(C4)C2)C3)n1. The summed E-state index contributed by atoms with van der Waals surface area (Å²) in [5, 5.41) is 6.10. The van der Waals surface area contributed by atoms with Crippen LogP contribution in [0.5, 0.6) is 5.88 Å². The van der Waals surface area contributed by atoms with Gasteiger partial charge in [-0.3, -0.25) is 9.78 Å². The van der Waals surface area contributed by atoms with E-state index < -0.39 is 34.9 Å². The summed E-state index contributed by atoms with van der Waals surface area (Å²) < 4.78 is 43.7. The fourth-order valence-electron chi connectivity index (χ4n) is 6.40. The summed E-state index contributed by atoms with van der Waals surface area (Å²) in [5.41, 5.74) is -1.23. The average molecular weight is 475 g/mol. The van der Waals surface area contributed by atoms with Gasteiger partial charge in [-0.25, -0.2) is 14.8 Å². The molecule has 4 aliphatic carbocycles. The van der Waals surface area contributed by atoms with E-state index in [0.29, 0.717) is 30.1 Å². The molecule has 2 aromatic heterocycles. The molecule has 2 heterocycles. The van der Waals surface area contributed by atoms with Crippen molar-refractivity contribution < 1.29 is 27.5 Å². The first kappa shape index (κ1) is 22.5. The zero-order valence-corrected chi connectivity index (χ0v) is 18.5. The third-order valence-corrected chi connectivity index (χ3v) is 7.03. The fourth-order valence-corrected chi connectivity index (χ4v) is 6.40. The lowest BCUT2D eigenvalue weighted by Gasteiger charge is -2.61. The van der Waals surface area contributed by atoms with Crippen molar-refractivity contribution in [3.8, 4) is 5.88 Å². The molecule has 4 saturated carbocycles. The Kier molecular flexibility index (Phi) is 5.25. The van der Waals surface area contributed by atoms with Gasteiger partial charge >= 0.3 is 12.3 Å². The number of aromatic nitrogens is 3. The Labute approximate surface area is 193 Å². The highest BCUT2D eigenvalue weighted by atomic mass is 19.4. The number of ether oxygens (including phenoxy) is 1. The highest BCUT2D eigenvalue weighted by Crippen LogP contribution is 2.57. The van der Waals surface area contributed by atoms with Crippen molar-refractivity contribution in [1.29, 1.82) is 0 Å². The highest BCUT2D eigenvalue weighted by molar-refractivity contribution is 5.92. The Balaban J connectivity index is 1.31. The Morgan fingerprint density at radius 1 is 1.03 bits per heavy atom. The number of hydrogen-bond donors (Lipinski definition) is 2. The van der Waals surface area contributed by atoms with Crippen LogP contribution in [0.4, 0.5) is 18.0 Å². The number of carbonyl (C=O) groups is 2. The molecule has 4 aliphatic rings. The van der Waals surface area contributed by atoms with Gasteiger partial charge in [0.15, 0.2) is 5.69 Å². The molecule has 0 spiro atoms. The third-order valence-electron chi connectivity index (χ3n) is 7.03. The number of pyridine rings is 1. The maximum absolute atomic E-state index is 13.0. The normalized spacial score (nSPS) is 29.5. The van der Waals surface area contributed by atoms with Crippen molar-refractivity contribution in [3.63, 3.8) is 0 Å². The predicted molar refractivity (Wildman–Crippen MR) is 113 cm³/mol. The zero-order chi connectivity index (χ0) is 24.1. The number of halogens is 3. The van der Waals surface area contributed by atoms with Gasteiger partial charge in [0.25, 0.3) is 5.91 Å². The minimum Gasteiger partial charge on any atom is -0.390 e. The fraction of sp³-hybridized carbons (Fsp3) is 0.522. The summed E-state index contributed by atoms with van der Waals surface area (Å²) in [4.78, 5) is 36.8. The standard InChI is InChI=1S/C23H24F3N5O3/c1-13-3-2-4-16(28-13)19(32)30-21-6-14-5-15(7-21)9-22(8-14,12-21)31-20(33)34-18-11-27-10-17(29-18)23(24,25)26/h2-4,10-11,14-15H,5-9,12H2,1H3,(H,30,32)(H,31,33). The van der Waals surface area contributed by atoms with Gasteiger partial charge in [-0.2, -0.15) is 13.2 Å². The second-order valence-corrected chi connectivity index (χ2v) is 9.89. The first-order chi connectivity index (χ1) is 16.0. The Morgan fingerprint density at radius 2 is 1.71 bits per heavy atom. The largest absolute Gasteiger partial charge is 0.435 e. The Morgan fingerprint density at radius 3 is 2.35 bits per heavy atom. The van der Waals surface area contributed by atoms with Gasteiger partial charge in [0, 0.05) is 16.8 Å². The number of nitrogens with zero attached hydrogens (tertiary/aromatic N) is 3. The van der Waals surface area contributed by atoms with Gasteiger partial charge in [-0.15, -0.1) is 0 Å². The van der Waals surface area contributed by atoms with Gasteiger partial charge in [0.2, 0.25) is 5.88 Å². The lowest BCUT2D eigenvalue weighted by Crippen LogP contribution is -2.70. The number of carbonyl (C=O) groups excluding carboxylic acids is 2. The van der Waals surface area contributed by atoms with Crippen LogP contribution in [0, 0.1) is 18.8 Å². The molecule has 8 nitrogen and oxygen atoms in total. The average Bonchev–Trinajstić information content (AvgIpc) is 2.71. The molecule has 0 saturated heterocycles. The van der Waals surface area contributed by atoms with E-state index in [4.69, 9.17) is 4.74 Å². The van der Waals surface area contributed by atoms with Crippen molar-refractivity contribution in [2.24, 2.45) is 11.8 Å². The second-order valence-electron chi connectivity index (χ2n) is 9.89. The number of alkyl halides is 3. The van der Waals surface area contributed by atoms with Gasteiger partial charge in [0.1, 0.15) is 5.69 Å². The molecule has 2 atom stereocenters. The Bertz CT molecular complexity index is 1120. The van der Waals surface area contributed by atoms with Crippen molar-refractivity contribution in [2.75, 3.05) is 0 Å². The first-order valence-electron chi connectivity index (χ1n) is 11.2. The number of hydrogen-bond acceptors (Lipinski definition) is 6. The van der Waals surface area contributed by atoms with Crippen LogP contribution in [-0.4, -0.2) is 38.0 Å². The number of amides is 2.